The molecule has 2 fully saturated rings. The van der Waals surface area contributed by atoms with Crippen LogP contribution in [-0.4, -0.2) is 94.3 Å². The van der Waals surface area contributed by atoms with Crippen molar-refractivity contribution in [1.29, 1.82) is 5.41 Å². The molecule has 4 rings (SSSR count). The van der Waals surface area contributed by atoms with Crippen LogP contribution in [0.4, 0.5) is 0 Å². The lowest BCUT2D eigenvalue weighted by molar-refractivity contribution is -0.157. The number of carboxylic acid groups (broad SMARTS) is 1. The molecule has 2 aliphatic rings. The Balaban J connectivity index is 1.42. The van der Waals surface area contributed by atoms with E-state index in [1.165, 1.54) is 4.90 Å². The van der Waals surface area contributed by atoms with E-state index in [0.717, 1.165) is 30.4 Å². The fourth-order valence-corrected chi connectivity index (χ4v) is 5.82. The lowest BCUT2D eigenvalue weighted by atomic mass is 9.91. The second-order valence-electron chi connectivity index (χ2n) is 11.1. The van der Waals surface area contributed by atoms with E-state index in [1.54, 1.807) is 9.80 Å². The Morgan fingerprint density at radius 3 is 2.36 bits per heavy atom. The Kier molecular flexibility index (Phi) is 10.5. The Morgan fingerprint density at radius 2 is 1.71 bits per heavy atom. The van der Waals surface area contributed by atoms with Crippen LogP contribution in [-0.2, 0) is 32.0 Å². The summed E-state index contributed by atoms with van der Waals surface area (Å²) in [5.74, 6) is -2.48. The zero-order valence-corrected chi connectivity index (χ0v) is 23.8. The first-order valence-electron chi connectivity index (χ1n) is 14.5. The highest BCUT2D eigenvalue weighted by molar-refractivity contribution is 5.97. The number of likely N-dealkylation sites (tertiary alicyclic amines) is 1. The van der Waals surface area contributed by atoms with Gasteiger partial charge >= 0.3 is 5.97 Å². The monoisotopic (exact) mass is 576 g/mol. The number of carbonyl (C=O) groups excluding carboxylic acids is 3. The first-order chi connectivity index (χ1) is 20.2. The quantitative estimate of drug-likeness (QED) is 0.220. The molecule has 0 bridgehead atoms. The molecule has 0 unspecified atom stereocenters. The van der Waals surface area contributed by atoms with Crippen molar-refractivity contribution < 1.29 is 24.3 Å². The molecule has 2 saturated heterocycles. The number of nitrogens with two attached hydrogens (primary N) is 1. The summed E-state index contributed by atoms with van der Waals surface area (Å²) in [7, 11) is 0. The molecule has 2 heterocycles. The number of carboxylic acids is 1. The van der Waals surface area contributed by atoms with Crippen molar-refractivity contribution in [3.05, 3.63) is 71.8 Å². The van der Waals surface area contributed by atoms with E-state index in [4.69, 9.17) is 11.1 Å². The Morgan fingerprint density at radius 1 is 1.05 bits per heavy atom. The SMILES string of the molecule is N=C(N)N1CCC[C@@H](C[C@H](NC(=O)CN2C(=O)CN(CCCc3ccccc3)C(=O)[C@H]2Cc2ccccc2)C(=O)O)C1. The number of aryl methyl sites for hydroxylation is 1. The summed E-state index contributed by atoms with van der Waals surface area (Å²) in [4.78, 5) is 56.8. The maximum atomic E-state index is 13.7. The van der Waals surface area contributed by atoms with Crippen LogP contribution < -0.4 is 11.1 Å². The number of nitrogens with one attached hydrogen (secondary N) is 2. The predicted octanol–water partition coefficient (Wildman–Crippen LogP) is 1.47. The van der Waals surface area contributed by atoms with Gasteiger partial charge in [-0.25, -0.2) is 4.79 Å². The van der Waals surface area contributed by atoms with Gasteiger partial charge in [-0.1, -0.05) is 60.7 Å². The average molecular weight is 577 g/mol. The van der Waals surface area contributed by atoms with Gasteiger partial charge < -0.3 is 30.9 Å². The second-order valence-corrected chi connectivity index (χ2v) is 11.1. The maximum Gasteiger partial charge on any atom is 0.326 e. The van der Waals surface area contributed by atoms with Crippen LogP contribution in [0.2, 0.25) is 0 Å². The predicted molar refractivity (Wildman–Crippen MR) is 157 cm³/mol. The molecule has 2 aliphatic heterocycles. The molecule has 2 aromatic carbocycles. The highest BCUT2D eigenvalue weighted by Gasteiger charge is 2.40. The summed E-state index contributed by atoms with van der Waals surface area (Å²) in [6, 6.07) is 17.2. The minimum Gasteiger partial charge on any atom is -0.480 e. The van der Waals surface area contributed by atoms with Crippen molar-refractivity contribution in [1.82, 2.24) is 20.0 Å². The molecule has 42 heavy (non-hydrogen) atoms. The number of piperazine rings is 1. The molecule has 0 radical (unpaired) electrons. The molecule has 11 nitrogen and oxygen atoms in total. The molecule has 5 N–H and O–H groups in total. The standard InChI is InChI=1S/C31H40N6O5/c32-31(33)36-16-8-14-24(19-36)17-25(30(41)42)34-27(38)20-37-26(18-23-11-5-2-6-12-23)29(40)35(21-28(37)39)15-7-13-22-9-3-1-4-10-22/h1-6,9-12,24-26H,7-8,13-21H2,(H3,32,33)(H,34,38)(H,41,42)/t24-,25-,26+/m0/s1. The van der Waals surface area contributed by atoms with E-state index in [2.05, 4.69) is 5.32 Å². The van der Waals surface area contributed by atoms with Gasteiger partial charge in [0, 0.05) is 26.1 Å². The van der Waals surface area contributed by atoms with E-state index < -0.39 is 30.5 Å². The summed E-state index contributed by atoms with van der Waals surface area (Å²) >= 11 is 0. The van der Waals surface area contributed by atoms with Crippen LogP contribution in [0.1, 0.15) is 36.8 Å². The largest absolute Gasteiger partial charge is 0.480 e. The van der Waals surface area contributed by atoms with Gasteiger partial charge in [-0.05, 0) is 49.1 Å². The van der Waals surface area contributed by atoms with Crippen LogP contribution in [0.3, 0.4) is 0 Å². The van der Waals surface area contributed by atoms with Crippen LogP contribution in [0.25, 0.3) is 0 Å². The summed E-state index contributed by atoms with van der Waals surface area (Å²) < 4.78 is 0. The number of hydrogen-bond acceptors (Lipinski definition) is 5. The number of hydrogen-bond donors (Lipinski definition) is 4. The minimum absolute atomic E-state index is 0.0533. The fourth-order valence-electron chi connectivity index (χ4n) is 5.82. The van der Waals surface area contributed by atoms with Gasteiger partial charge in [0.25, 0.3) is 0 Å². The summed E-state index contributed by atoms with van der Waals surface area (Å²) in [5, 5.41) is 20.1. The van der Waals surface area contributed by atoms with Crippen molar-refractivity contribution in [2.45, 2.75) is 50.6 Å². The number of aliphatic carboxylic acids is 1. The third-order valence-corrected chi connectivity index (χ3v) is 8.00. The topological polar surface area (TPSA) is 160 Å². The van der Waals surface area contributed by atoms with E-state index in [0.29, 0.717) is 26.1 Å². The Hall–Kier alpha value is -4.41. The zero-order chi connectivity index (χ0) is 30.1. The lowest BCUT2D eigenvalue weighted by Crippen LogP contribution is -2.62. The van der Waals surface area contributed by atoms with Gasteiger partial charge in [-0.15, -0.1) is 0 Å². The number of piperidine rings is 1. The third kappa shape index (κ3) is 8.31. The number of guanidine groups is 1. The number of amides is 3. The normalized spacial score (nSPS) is 19.9. The molecule has 11 heteroatoms. The van der Waals surface area contributed by atoms with Crippen molar-refractivity contribution >= 4 is 29.7 Å². The average Bonchev–Trinajstić information content (AvgIpc) is 2.98. The van der Waals surface area contributed by atoms with Crippen LogP contribution in [0, 0.1) is 11.3 Å². The number of nitrogens with zero attached hydrogens (tertiary/aromatic N) is 3. The van der Waals surface area contributed by atoms with Crippen LogP contribution in [0.5, 0.6) is 0 Å². The van der Waals surface area contributed by atoms with Gasteiger partial charge in [-0.3, -0.25) is 19.8 Å². The number of rotatable bonds is 12. The molecule has 0 spiro atoms. The van der Waals surface area contributed by atoms with Crippen molar-refractivity contribution in [3.8, 4) is 0 Å². The molecule has 3 atom stereocenters. The molecule has 2 aromatic rings. The fraction of sp³-hybridized carbons (Fsp3) is 0.452. The second kappa shape index (κ2) is 14.5. The van der Waals surface area contributed by atoms with Gasteiger partial charge in [0.05, 0.1) is 6.54 Å². The molecule has 0 saturated carbocycles. The summed E-state index contributed by atoms with van der Waals surface area (Å²) in [6.45, 7) is 0.983. The van der Waals surface area contributed by atoms with Crippen molar-refractivity contribution in [3.63, 3.8) is 0 Å². The lowest BCUT2D eigenvalue weighted by Gasteiger charge is -2.40. The van der Waals surface area contributed by atoms with Gasteiger partial charge in [0.15, 0.2) is 5.96 Å². The van der Waals surface area contributed by atoms with Gasteiger partial charge in [-0.2, -0.15) is 0 Å². The van der Waals surface area contributed by atoms with E-state index in [-0.39, 0.29) is 43.1 Å². The van der Waals surface area contributed by atoms with Crippen LogP contribution >= 0.6 is 0 Å². The van der Waals surface area contributed by atoms with E-state index in [1.807, 2.05) is 60.7 Å². The van der Waals surface area contributed by atoms with Crippen LogP contribution in [0.15, 0.2) is 60.7 Å². The highest BCUT2D eigenvalue weighted by atomic mass is 16.4. The summed E-state index contributed by atoms with van der Waals surface area (Å²) in [5.41, 5.74) is 7.63. The van der Waals surface area contributed by atoms with Crippen molar-refractivity contribution in [2.24, 2.45) is 11.7 Å². The first kappa shape index (κ1) is 30.5. The first-order valence-corrected chi connectivity index (χ1v) is 14.5. The van der Waals surface area contributed by atoms with Crippen molar-refractivity contribution in [2.75, 3.05) is 32.7 Å². The maximum absolute atomic E-state index is 13.7. The van der Waals surface area contributed by atoms with Gasteiger partial charge in [0.1, 0.15) is 18.6 Å². The molecule has 0 aromatic heterocycles. The Bertz CT molecular complexity index is 1260. The smallest absolute Gasteiger partial charge is 0.326 e. The number of benzene rings is 2. The number of carbonyl (C=O) groups is 4. The molecular formula is C31H40N6O5. The minimum atomic E-state index is -1.17. The summed E-state index contributed by atoms with van der Waals surface area (Å²) in [6.07, 6.45) is 3.44. The molecular weight excluding hydrogens is 536 g/mol. The van der Waals surface area contributed by atoms with E-state index >= 15 is 0 Å². The van der Waals surface area contributed by atoms with Gasteiger partial charge in [0.2, 0.25) is 17.7 Å². The molecule has 224 valence electrons. The zero-order valence-electron chi connectivity index (χ0n) is 23.8. The molecule has 0 aliphatic carbocycles. The molecule has 3 amide bonds. The Labute approximate surface area is 246 Å². The third-order valence-electron chi connectivity index (χ3n) is 8.00. The highest BCUT2D eigenvalue weighted by Crippen LogP contribution is 2.22. The van der Waals surface area contributed by atoms with E-state index in [9.17, 15) is 24.3 Å².